The standard InChI is InChI=1S/C17H23N3/c1-6-9-18-17-14(5)13(4)16(19-20-17)15-8-7-11(2)10-12(15)3/h7-8,10H,6,9H2,1-5H3,(H,18,20). The number of hydrogen-bond donors (Lipinski definition) is 1. The van der Waals surface area contributed by atoms with Crippen molar-refractivity contribution in [2.45, 2.75) is 41.0 Å². The van der Waals surface area contributed by atoms with Gasteiger partial charge in [-0.25, -0.2) is 0 Å². The number of aryl methyl sites for hydroxylation is 2. The van der Waals surface area contributed by atoms with Gasteiger partial charge in [-0.15, -0.1) is 10.2 Å². The third-order valence-electron chi connectivity index (χ3n) is 3.70. The van der Waals surface area contributed by atoms with Crippen molar-refractivity contribution in [2.75, 3.05) is 11.9 Å². The molecule has 0 aliphatic heterocycles. The first-order valence-electron chi connectivity index (χ1n) is 7.20. The number of benzene rings is 1. The molecule has 2 aromatic rings. The Morgan fingerprint density at radius 1 is 1.00 bits per heavy atom. The fraction of sp³-hybridized carbons (Fsp3) is 0.412. The lowest BCUT2D eigenvalue weighted by molar-refractivity contribution is 0.932. The highest BCUT2D eigenvalue weighted by Gasteiger charge is 2.12. The summed E-state index contributed by atoms with van der Waals surface area (Å²) in [5, 5.41) is 12.1. The second kappa shape index (κ2) is 6.04. The van der Waals surface area contributed by atoms with E-state index < -0.39 is 0 Å². The van der Waals surface area contributed by atoms with Gasteiger partial charge in [0, 0.05) is 12.1 Å². The highest BCUT2D eigenvalue weighted by molar-refractivity contribution is 5.69. The number of nitrogens with one attached hydrogen (secondary N) is 1. The summed E-state index contributed by atoms with van der Waals surface area (Å²) in [4.78, 5) is 0. The van der Waals surface area contributed by atoms with Crippen molar-refractivity contribution in [1.82, 2.24) is 10.2 Å². The van der Waals surface area contributed by atoms with Gasteiger partial charge in [0.25, 0.3) is 0 Å². The van der Waals surface area contributed by atoms with Gasteiger partial charge in [0.2, 0.25) is 0 Å². The molecule has 1 heterocycles. The lowest BCUT2D eigenvalue weighted by atomic mass is 9.98. The maximum absolute atomic E-state index is 4.44. The van der Waals surface area contributed by atoms with Crippen LogP contribution in [-0.2, 0) is 0 Å². The fourth-order valence-corrected chi connectivity index (χ4v) is 2.35. The minimum absolute atomic E-state index is 0.901. The Hall–Kier alpha value is -1.90. The molecule has 0 spiro atoms. The van der Waals surface area contributed by atoms with E-state index in [1.54, 1.807) is 0 Å². The molecule has 3 nitrogen and oxygen atoms in total. The Labute approximate surface area is 121 Å². The van der Waals surface area contributed by atoms with Crippen molar-refractivity contribution in [3.63, 3.8) is 0 Å². The molecule has 0 saturated carbocycles. The van der Waals surface area contributed by atoms with Gasteiger partial charge >= 0.3 is 0 Å². The minimum atomic E-state index is 0.901. The molecule has 0 aliphatic carbocycles. The largest absolute Gasteiger partial charge is 0.368 e. The SMILES string of the molecule is CCCNc1nnc(-c2ccc(C)cc2C)c(C)c1C. The van der Waals surface area contributed by atoms with Crippen LogP contribution in [0.15, 0.2) is 18.2 Å². The van der Waals surface area contributed by atoms with E-state index in [-0.39, 0.29) is 0 Å². The fourth-order valence-electron chi connectivity index (χ4n) is 2.35. The smallest absolute Gasteiger partial charge is 0.151 e. The van der Waals surface area contributed by atoms with Crippen LogP contribution in [0, 0.1) is 27.7 Å². The number of rotatable bonds is 4. The van der Waals surface area contributed by atoms with Crippen LogP contribution < -0.4 is 5.32 Å². The Bertz CT molecular complexity index is 618. The van der Waals surface area contributed by atoms with Gasteiger partial charge in [-0.05, 0) is 50.8 Å². The number of anilines is 1. The van der Waals surface area contributed by atoms with Gasteiger partial charge in [0.15, 0.2) is 5.82 Å². The Kier molecular flexibility index (Phi) is 4.38. The quantitative estimate of drug-likeness (QED) is 0.904. The Morgan fingerprint density at radius 2 is 1.75 bits per heavy atom. The molecular formula is C17H23N3. The third kappa shape index (κ3) is 2.82. The monoisotopic (exact) mass is 269 g/mol. The molecule has 0 saturated heterocycles. The first kappa shape index (κ1) is 14.5. The van der Waals surface area contributed by atoms with Crippen molar-refractivity contribution in [2.24, 2.45) is 0 Å². The summed E-state index contributed by atoms with van der Waals surface area (Å²) < 4.78 is 0. The van der Waals surface area contributed by atoms with Crippen LogP contribution in [0.5, 0.6) is 0 Å². The average molecular weight is 269 g/mol. The maximum atomic E-state index is 4.44. The Morgan fingerprint density at radius 3 is 2.40 bits per heavy atom. The predicted molar refractivity (Wildman–Crippen MR) is 85.2 cm³/mol. The maximum Gasteiger partial charge on any atom is 0.151 e. The molecule has 0 aliphatic rings. The predicted octanol–water partition coefficient (Wildman–Crippen LogP) is 4.20. The molecule has 1 N–H and O–H groups in total. The van der Waals surface area contributed by atoms with E-state index in [2.05, 4.69) is 68.3 Å². The summed E-state index contributed by atoms with van der Waals surface area (Å²) in [5.74, 6) is 0.901. The van der Waals surface area contributed by atoms with Gasteiger partial charge in [-0.1, -0.05) is 30.7 Å². The number of nitrogens with zero attached hydrogens (tertiary/aromatic N) is 2. The van der Waals surface area contributed by atoms with E-state index in [1.807, 2.05) is 0 Å². The van der Waals surface area contributed by atoms with E-state index in [4.69, 9.17) is 0 Å². The summed E-state index contributed by atoms with van der Waals surface area (Å²) in [6.07, 6.45) is 1.08. The van der Waals surface area contributed by atoms with Gasteiger partial charge in [-0.2, -0.15) is 0 Å². The molecule has 20 heavy (non-hydrogen) atoms. The minimum Gasteiger partial charge on any atom is -0.368 e. The normalized spacial score (nSPS) is 10.7. The summed E-state index contributed by atoms with van der Waals surface area (Å²) in [5.41, 5.74) is 7.06. The number of hydrogen-bond acceptors (Lipinski definition) is 3. The second-order valence-corrected chi connectivity index (χ2v) is 5.39. The third-order valence-corrected chi connectivity index (χ3v) is 3.70. The molecule has 106 valence electrons. The van der Waals surface area contributed by atoms with Crippen molar-refractivity contribution >= 4 is 5.82 Å². The van der Waals surface area contributed by atoms with E-state index in [9.17, 15) is 0 Å². The lowest BCUT2D eigenvalue weighted by Gasteiger charge is -2.14. The van der Waals surface area contributed by atoms with Crippen molar-refractivity contribution in [1.29, 1.82) is 0 Å². The lowest BCUT2D eigenvalue weighted by Crippen LogP contribution is -2.07. The van der Waals surface area contributed by atoms with Crippen molar-refractivity contribution in [3.05, 3.63) is 40.5 Å². The van der Waals surface area contributed by atoms with E-state index in [1.165, 1.54) is 27.8 Å². The van der Waals surface area contributed by atoms with Crippen molar-refractivity contribution < 1.29 is 0 Å². The van der Waals surface area contributed by atoms with Crippen LogP contribution in [0.25, 0.3) is 11.3 Å². The van der Waals surface area contributed by atoms with Gasteiger partial charge in [0.05, 0.1) is 5.69 Å². The molecule has 1 aromatic heterocycles. The summed E-state index contributed by atoms with van der Waals surface area (Å²) in [6.45, 7) is 11.5. The Balaban J connectivity index is 2.45. The summed E-state index contributed by atoms with van der Waals surface area (Å²) in [7, 11) is 0. The molecule has 2 rings (SSSR count). The van der Waals surface area contributed by atoms with E-state index in [0.717, 1.165) is 24.5 Å². The molecule has 3 heteroatoms. The molecule has 0 amide bonds. The average Bonchev–Trinajstić information content (AvgIpc) is 2.41. The molecule has 1 aromatic carbocycles. The van der Waals surface area contributed by atoms with Crippen molar-refractivity contribution in [3.8, 4) is 11.3 Å². The zero-order chi connectivity index (χ0) is 14.7. The molecule has 0 bridgehead atoms. The molecule has 0 fully saturated rings. The van der Waals surface area contributed by atoms with E-state index >= 15 is 0 Å². The second-order valence-electron chi connectivity index (χ2n) is 5.39. The topological polar surface area (TPSA) is 37.8 Å². The van der Waals surface area contributed by atoms with Gasteiger partial charge in [-0.3, -0.25) is 0 Å². The summed E-state index contributed by atoms with van der Waals surface area (Å²) >= 11 is 0. The molecule has 0 unspecified atom stereocenters. The highest BCUT2D eigenvalue weighted by atomic mass is 15.2. The summed E-state index contributed by atoms with van der Waals surface area (Å²) in [6, 6.07) is 6.46. The first-order chi connectivity index (χ1) is 9.54. The highest BCUT2D eigenvalue weighted by Crippen LogP contribution is 2.28. The molecule has 0 radical (unpaired) electrons. The van der Waals surface area contributed by atoms with Gasteiger partial charge in [0.1, 0.15) is 0 Å². The van der Waals surface area contributed by atoms with Crippen LogP contribution in [0.1, 0.15) is 35.6 Å². The van der Waals surface area contributed by atoms with Crippen LogP contribution in [-0.4, -0.2) is 16.7 Å². The molecule has 0 atom stereocenters. The van der Waals surface area contributed by atoms with Crippen LogP contribution in [0.2, 0.25) is 0 Å². The van der Waals surface area contributed by atoms with E-state index in [0.29, 0.717) is 0 Å². The van der Waals surface area contributed by atoms with Crippen LogP contribution in [0.3, 0.4) is 0 Å². The first-order valence-corrected chi connectivity index (χ1v) is 7.20. The number of aromatic nitrogens is 2. The zero-order valence-electron chi connectivity index (χ0n) is 13.0. The molecular weight excluding hydrogens is 246 g/mol. The van der Waals surface area contributed by atoms with Gasteiger partial charge < -0.3 is 5.32 Å². The zero-order valence-corrected chi connectivity index (χ0v) is 13.0. The van der Waals surface area contributed by atoms with Crippen LogP contribution in [0.4, 0.5) is 5.82 Å². The van der Waals surface area contributed by atoms with Crippen LogP contribution >= 0.6 is 0 Å².